The van der Waals surface area contributed by atoms with Gasteiger partial charge in [0, 0.05) is 17.8 Å². The van der Waals surface area contributed by atoms with Gasteiger partial charge in [-0.25, -0.2) is 9.36 Å². The highest BCUT2D eigenvalue weighted by molar-refractivity contribution is 5.82. The highest BCUT2D eigenvalue weighted by Crippen LogP contribution is 2.31. The van der Waals surface area contributed by atoms with E-state index in [9.17, 15) is 9.59 Å². The van der Waals surface area contributed by atoms with E-state index < -0.39 is 6.10 Å². The lowest BCUT2D eigenvalue weighted by Crippen LogP contribution is -2.48. The Labute approximate surface area is 191 Å². The lowest BCUT2D eigenvalue weighted by Gasteiger charge is -2.31. The average molecular weight is 450 g/mol. The molecule has 0 radical (unpaired) electrons. The molecule has 0 spiro atoms. The molecule has 3 aromatic rings. The predicted octanol–water partition coefficient (Wildman–Crippen LogP) is 2.49. The summed E-state index contributed by atoms with van der Waals surface area (Å²) < 4.78 is 14.8. The van der Waals surface area contributed by atoms with Crippen molar-refractivity contribution in [2.24, 2.45) is 0 Å². The molecule has 1 saturated carbocycles. The number of carbonyl (C=O) groups is 1. The van der Waals surface area contributed by atoms with Crippen molar-refractivity contribution in [3.63, 3.8) is 0 Å². The quantitative estimate of drug-likeness (QED) is 0.657. The number of aryl methyl sites for hydroxylation is 2. The van der Waals surface area contributed by atoms with Crippen LogP contribution in [0.2, 0.25) is 0 Å². The third kappa shape index (κ3) is 4.35. The standard InChI is InChI=1S/C24H27N5O4/c1-15-13-16(2)28(26-15)22-11-12-23(30)29(27-22)18-9-7-17(8-10-18)25-24(31)21-14-32-19-5-3-4-6-20(19)33-21/h3-6,11-13,17-18,21H,7-10,14H2,1-2H3,(H,25,31). The summed E-state index contributed by atoms with van der Waals surface area (Å²) in [6.45, 7) is 4.08. The molecule has 1 atom stereocenters. The lowest BCUT2D eigenvalue weighted by atomic mass is 9.91. The molecule has 33 heavy (non-hydrogen) atoms. The Morgan fingerprint density at radius 2 is 1.79 bits per heavy atom. The van der Waals surface area contributed by atoms with Crippen LogP contribution in [0.4, 0.5) is 0 Å². The van der Waals surface area contributed by atoms with Crippen molar-refractivity contribution in [3.05, 3.63) is 64.2 Å². The number of carbonyl (C=O) groups excluding carboxylic acids is 1. The summed E-state index contributed by atoms with van der Waals surface area (Å²) in [5, 5.41) is 12.2. The number of benzene rings is 1. The molecule has 9 heteroatoms. The maximum Gasteiger partial charge on any atom is 0.267 e. The molecule has 1 aliphatic carbocycles. The minimum absolute atomic E-state index is 0.0105. The van der Waals surface area contributed by atoms with Crippen LogP contribution in [0.15, 0.2) is 47.3 Å². The van der Waals surface area contributed by atoms with Crippen molar-refractivity contribution in [1.29, 1.82) is 0 Å². The molecular formula is C24H27N5O4. The monoisotopic (exact) mass is 449 g/mol. The van der Waals surface area contributed by atoms with Crippen LogP contribution >= 0.6 is 0 Å². The molecule has 1 aromatic carbocycles. The van der Waals surface area contributed by atoms with E-state index in [1.807, 2.05) is 38.1 Å². The van der Waals surface area contributed by atoms with Crippen LogP contribution in [-0.2, 0) is 4.79 Å². The van der Waals surface area contributed by atoms with Crippen molar-refractivity contribution in [2.75, 3.05) is 6.61 Å². The van der Waals surface area contributed by atoms with Gasteiger partial charge in [-0.05, 0) is 63.8 Å². The number of para-hydroxylation sites is 2. The first-order valence-corrected chi connectivity index (χ1v) is 11.3. The van der Waals surface area contributed by atoms with Gasteiger partial charge in [0.1, 0.15) is 6.61 Å². The Kier molecular flexibility index (Phi) is 5.62. The molecule has 2 aliphatic rings. The van der Waals surface area contributed by atoms with Crippen molar-refractivity contribution in [1.82, 2.24) is 24.9 Å². The number of amides is 1. The molecule has 0 saturated heterocycles. The fourth-order valence-corrected chi connectivity index (χ4v) is 4.56. The largest absolute Gasteiger partial charge is 0.485 e. The van der Waals surface area contributed by atoms with Crippen molar-refractivity contribution in [2.45, 2.75) is 57.7 Å². The minimum Gasteiger partial charge on any atom is -0.485 e. The van der Waals surface area contributed by atoms with Gasteiger partial charge in [0.05, 0.1) is 11.7 Å². The van der Waals surface area contributed by atoms with Gasteiger partial charge < -0.3 is 14.8 Å². The molecule has 1 N–H and O–H groups in total. The van der Waals surface area contributed by atoms with Crippen molar-refractivity contribution in [3.8, 4) is 17.3 Å². The van der Waals surface area contributed by atoms with E-state index in [1.54, 1.807) is 27.6 Å². The second-order valence-electron chi connectivity index (χ2n) is 8.69. The van der Waals surface area contributed by atoms with Gasteiger partial charge in [0.2, 0.25) is 6.10 Å². The molecule has 3 heterocycles. The topological polar surface area (TPSA) is 100 Å². The third-order valence-electron chi connectivity index (χ3n) is 6.23. The first-order chi connectivity index (χ1) is 16.0. The van der Waals surface area contributed by atoms with E-state index in [2.05, 4.69) is 15.5 Å². The van der Waals surface area contributed by atoms with Crippen LogP contribution in [0.3, 0.4) is 0 Å². The number of hydrogen-bond donors (Lipinski definition) is 1. The summed E-state index contributed by atoms with van der Waals surface area (Å²) in [5.41, 5.74) is 1.74. The fraction of sp³-hybridized carbons (Fsp3) is 0.417. The lowest BCUT2D eigenvalue weighted by molar-refractivity contribution is -0.131. The number of fused-ring (bicyclic) bond motifs is 1. The van der Waals surface area contributed by atoms with Crippen molar-refractivity contribution >= 4 is 5.91 Å². The number of nitrogens with one attached hydrogen (secondary N) is 1. The SMILES string of the molecule is Cc1cc(C)n(-c2ccc(=O)n(C3CCC(NC(=O)C4COc5ccccc5O4)CC3)n2)n1. The van der Waals surface area contributed by atoms with Gasteiger partial charge >= 0.3 is 0 Å². The average Bonchev–Trinajstić information content (AvgIpc) is 3.17. The molecule has 1 aliphatic heterocycles. The second kappa shape index (κ2) is 8.73. The van der Waals surface area contributed by atoms with Crippen LogP contribution < -0.4 is 20.3 Å². The van der Waals surface area contributed by atoms with Gasteiger partial charge in [-0.3, -0.25) is 9.59 Å². The summed E-state index contributed by atoms with van der Waals surface area (Å²) in [4.78, 5) is 25.3. The molecule has 1 unspecified atom stereocenters. The summed E-state index contributed by atoms with van der Waals surface area (Å²) >= 11 is 0. The van der Waals surface area contributed by atoms with Crippen LogP contribution in [-0.4, -0.2) is 44.2 Å². The summed E-state index contributed by atoms with van der Waals surface area (Å²) in [6.07, 6.45) is 2.36. The summed E-state index contributed by atoms with van der Waals surface area (Å²) in [6, 6.07) is 12.6. The Morgan fingerprint density at radius 1 is 1.03 bits per heavy atom. The van der Waals surface area contributed by atoms with E-state index in [0.29, 0.717) is 17.3 Å². The van der Waals surface area contributed by atoms with Gasteiger partial charge in [0.25, 0.3) is 11.5 Å². The molecule has 5 rings (SSSR count). The molecule has 2 aromatic heterocycles. The number of hydrogen-bond acceptors (Lipinski definition) is 6. The summed E-state index contributed by atoms with van der Waals surface area (Å²) in [7, 11) is 0. The predicted molar refractivity (Wildman–Crippen MR) is 121 cm³/mol. The van der Waals surface area contributed by atoms with E-state index in [0.717, 1.165) is 37.1 Å². The Hall–Kier alpha value is -3.62. The molecule has 0 bridgehead atoms. The van der Waals surface area contributed by atoms with E-state index >= 15 is 0 Å². The van der Waals surface area contributed by atoms with Gasteiger partial charge in [-0.2, -0.15) is 5.10 Å². The zero-order valence-electron chi connectivity index (χ0n) is 18.7. The Balaban J connectivity index is 1.21. The maximum absolute atomic E-state index is 12.7. The Bertz CT molecular complexity index is 1230. The first-order valence-electron chi connectivity index (χ1n) is 11.3. The van der Waals surface area contributed by atoms with Gasteiger partial charge in [-0.1, -0.05) is 12.1 Å². The third-order valence-corrected chi connectivity index (χ3v) is 6.23. The van der Waals surface area contributed by atoms with E-state index in [4.69, 9.17) is 9.47 Å². The van der Waals surface area contributed by atoms with E-state index in [1.165, 1.54) is 0 Å². The van der Waals surface area contributed by atoms with Crippen LogP contribution in [0.5, 0.6) is 11.5 Å². The highest BCUT2D eigenvalue weighted by Gasteiger charge is 2.31. The maximum atomic E-state index is 12.7. The molecule has 9 nitrogen and oxygen atoms in total. The fourth-order valence-electron chi connectivity index (χ4n) is 4.56. The zero-order chi connectivity index (χ0) is 22.9. The van der Waals surface area contributed by atoms with E-state index in [-0.39, 0.29) is 30.2 Å². The molecule has 1 amide bonds. The smallest absolute Gasteiger partial charge is 0.267 e. The molecular weight excluding hydrogens is 422 g/mol. The molecule has 1 fully saturated rings. The van der Waals surface area contributed by atoms with Gasteiger partial charge in [-0.15, -0.1) is 5.10 Å². The van der Waals surface area contributed by atoms with Crippen LogP contribution in [0, 0.1) is 13.8 Å². The first kappa shape index (κ1) is 21.2. The minimum atomic E-state index is -0.667. The number of rotatable bonds is 4. The van der Waals surface area contributed by atoms with Gasteiger partial charge in [0.15, 0.2) is 17.3 Å². The summed E-state index contributed by atoms with van der Waals surface area (Å²) in [5.74, 6) is 1.70. The number of aromatic nitrogens is 4. The van der Waals surface area contributed by atoms with Crippen LogP contribution in [0.1, 0.15) is 43.1 Å². The highest BCUT2D eigenvalue weighted by atomic mass is 16.6. The zero-order valence-corrected chi connectivity index (χ0v) is 18.7. The number of nitrogens with zero attached hydrogens (tertiary/aromatic N) is 4. The normalized spacial score (nSPS) is 22.1. The number of ether oxygens (including phenoxy) is 2. The second-order valence-corrected chi connectivity index (χ2v) is 8.69. The molecule has 172 valence electrons. The Morgan fingerprint density at radius 3 is 2.52 bits per heavy atom. The van der Waals surface area contributed by atoms with Crippen molar-refractivity contribution < 1.29 is 14.3 Å². The van der Waals surface area contributed by atoms with Crippen LogP contribution in [0.25, 0.3) is 5.82 Å².